The lowest BCUT2D eigenvalue weighted by molar-refractivity contribution is -0.146. The minimum absolute atomic E-state index is 0.251. The Kier molecular flexibility index (Phi) is 4.75. The molecule has 1 aromatic heterocycles. The number of hydrogen-bond acceptors (Lipinski definition) is 4. The first-order chi connectivity index (χ1) is 13.1. The zero-order valence-electron chi connectivity index (χ0n) is 15.0. The van der Waals surface area contributed by atoms with E-state index in [9.17, 15) is 14.7 Å². The number of nitrogens with zero attached hydrogens (tertiary/aromatic N) is 3. The van der Waals surface area contributed by atoms with E-state index in [1.54, 1.807) is 0 Å². The van der Waals surface area contributed by atoms with E-state index in [0.29, 0.717) is 18.5 Å². The van der Waals surface area contributed by atoms with Crippen LogP contribution in [0.4, 0.5) is 5.69 Å². The van der Waals surface area contributed by atoms with Crippen LogP contribution in [0.15, 0.2) is 36.4 Å². The maximum atomic E-state index is 12.6. The summed E-state index contributed by atoms with van der Waals surface area (Å²) >= 11 is 0. The van der Waals surface area contributed by atoms with Gasteiger partial charge in [-0.05, 0) is 49.9 Å². The SMILES string of the molecule is O=C(O)[C@H]1CC=CC[C@H]1C(=O)Nc1ccc(-c2nnc3n2CCCC3)cc1. The molecule has 7 nitrogen and oxygen atoms in total. The smallest absolute Gasteiger partial charge is 0.307 e. The number of carboxylic acid groups (broad SMARTS) is 1. The van der Waals surface area contributed by atoms with Gasteiger partial charge >= 0.3 is 5.97 Å². The maximum Gasteiger partial charge on any atom is 0.307 e. The van der Waals surface area contributed by atoms with Gasteiger partial charge in [0.25, 0.3) is 0 Å². The Bertz CT molecular complexity index is 885. The van der Waals surface area contributed by atoms with Crippen molar-refractivity contribution >= 4 is 17.6 Å². The highest BCUT2D eigenvalue weighted by atomic mass is 16.4. The fourth-order valence-corrected chi connectivity index (χ4v) is 3.84. The quantitative estimate of drug-likeness (QED) is 0.811. The van der Waals surface area contributed by atoms with Crippen molar-refractivity contribution < 1.29 is 14.7 Å². The van der Waals surface area contributed by atoms with Crippen LogP contribution >= 0.6 is 0 Å². The number of rotatable bonds is 4. The molecule has 2 aromatic rings. The fourth-order valence-electron chi connectivity index (χ4n) is 3.84. The number of carbonyl (C=O) groups is 2. The van der Waals surface area contributed by atoms with Crippen molar-refractivity contribution in [3.8, 4) is 11.4 Å². The summed E-state index contributed by atoms with van der Waals surface area (Å²) in [7, 11) is 0. The highest BCUT2D eigenvalue weighted by Gasteiger charge is 2.33. The number of nitrogens with one attached hydrogen (secondary N) is 1. The summed E-state index contributed by atoms with van der Waals surface area (Å²) in [4.78, 5) is 23.9. The van der Waals surface area contributed by atoms with Gasteiger partial charge in [0.05, 0.1) is 11.8 Å². The van der Waals surface area contributed by atoms with Gasteiger partial charge in [-0.25, -0.2) is 0 Å². The number of aromatic nitrogens is 3. The molecule has 27 heavy (non-hydrogen) atoms. The van der Waals surface area contributed by atoms with Crippen molar-refractivity contribution in [2.24, 2.45) is 11.8 Å². The molecule has 2 aliphatic rings. The Morgan fingerprint density at radius 1 is 1.04 bits per heavy atom. The molecule has 0 saturated heterocycles. The van der Waals surface area contributed by atoms with Gasteiger partial charge < -0.3 is 15.0 Å². The van der Waals surface area contributed by atoms with Gasteiger partial charge in [-0.3, -0.25) is 9.59 Å². The number of fused-ring (bicyclic) bond motifs is 1. The van der Waals surface area contributed by atoms with Crippen molar-refractivity contribution in [3.05, 3.63) is 42.2 Å². The molecule has 0 fully saturated rings. The van der Waals surface area contributed by atoms with Crippen molar-refractivity contribution in [2.75, 3.05) is 5.32 Å². The average molecular weight is 366 g/mol. The Balaban J connectivity index is 1.48. The summed E-state index contributed by atoms with van der Waals surface area (Å²) in [6.45, 7) is 0.932. The van der Waals surface area contributed by atoms with E-state index >= 15 is 0 Å². The van der Waals surface area contributed by atoms with Gasteiger partial charge in [0.15, 0.2) is 5.82 Å². The number of aryl methyl sites for hydroxylation is 1. The van der Waals surface area contributed by atoms with E-state index in [-0.39, 0.29) is 5.91 Å². The first-order valence-corrected chi connectivity index (χ1v) is 9.34. The van der Waals surface area contributed by atoms with Crippen molar-refractivity contribution in [1.82, 2.24) is 14.8 Å². The van der Waals surface area contributed by atoms with E-state index in [2.05, 4.69) is 20.1 Å². The van der Waals surface area contributed by atoms with Crippen LogP contribution in [0, 0.1) is 11.8 Å². The second-order valence-corrected chi connectivity index (χ2v) is 7.11. The van der Waals surface area contributed by atoms with Crippen LogP contribution in [-0.2, 0) is 22.6 Å². The lowest BCUT2D eigenvalue weighted by Crippen LogP contribution is -2.34. The highest BCUT2D eigenvalue weighted by molar-refractivity contribution is 5.95. The summed E-state index contributed by atoms with van der Waals surface area (Å²) in [5.41, 5.74) is 1.61. The van der Waals surface area contributed by atoms with Crippen molar-refractivity contribution in [1.29, 1.82) is 0 Å². The normalized spacial score (nSPS) is 21.5. The predicted molar refractivity (Wildman–Crippen MR) is 100 cm³/mol. The molecule has 2 heterocycles. The zero-order chi connectivity index (χ0) is 18.8. The van der Waals surface area contributed by atoms with Gasteiger partial charge in [-0.1, -0.05) is 12.2 Å². The molecular formula is C20H22N4O3. The maximum absolute atomic E-state index is 12.6. The Morgan fingerprint density at radius 3 is 2.52 bits per heavy atom. The van der Waals surface area contributed by atoms with E-state index in [1.165, 1.54) is 0 Å². The van der Waals surface area contributed by atoms with Crippen LogP contribution in [0.1, 0.15) is 31.5 Å². The van der Waals surface area contributed by atoms with Gasteiger partial charge in [-0.2, -0.15) is 0 Å². The Labute approximate surface area is 157 Å². The fraction of sp³-hybridized carbons (Fsp3) is 0.400. The van der Waals surface area contributed by atoms with Gasteiger partial charge in [0, 0.05) is 24.2 Å². The minimum Gasteiger partial charge on any atom is -0.481 e. The predicted octanol–water partition coefficient (Wildman–Crippen LogP) is 2.89. The molecular weight excluding hydrogens is 344 g/mol. The van der Waals surface area contributed by atoms with Crippen LogP contribution in [0.25, 0.3) is 11.4 Å². The first-order valence-electron chi connectivity index (χ1n) is 9.34. The molecule has 1 aromatic carbocycles. The first kappa shape index (κ1) is 17.5. The summed E-state index contributed by atoms with van der Waals surface area (Å²) in [5.74, 6) is -0.511. The molecule has 1 amide bonds. The molecule has 1 aliphatic heterocycles. The van der Waals surface area contributed by atoms with Gasteiger partial charge in [0.1, 0.15) is 5.82 Å². The summed E-state index contributed by atoms with van der Waals surface area (Å²) in [6.07, 6.45) is 7.79. The highest BCUT2D eigenvalue weighted by Crippen LogP contribution is 2.28. The molecule has 0 unspecified atom stereocenters. The van der Waals surface area contributed by atoms with E-state index < -0.39 is 17.8 Å². The number of hydrogen-bond donors (Lipinski definition) is 2. The molecule has 1 aliphatic carbocycles. The lowest BCUT2D eigenvalue weighted by atomic mass is 9.82. The molecule has 7 heteroatoms. The molecule has 140 valence electrons. The van der Waals surface area contributed by atoms with Crippen molar-refractivity contribution in [2.45, 2.75) is 38.6 Å². The van der Waals surface area contributed by atoms with Crippen molar-refractivity contribution in [3.63, 3.8) is 0 Å². The number of carbonyl (C=O) groups excluding carboxylic acids is 1. The third-order valence-corrected chi connectivity index (χ3v) is 5.36. The summed E-state index contributed by atoms with van der Waals surface area (Å²) in [5, 5.41) is 20.8. The number of benzene rings is 1. The van der Waals surface area contributed by atoms with E-state index in [0.717, 1.165) is 43.0 Å². The molecule has 2 N–H and O–H groups in total. The second-order valence-electron chi connectivity index (χ2n) is 7.11. The topological polar surface area (TPSA) is 97.1 Å². The average Bonchev–Trinajstić information content (AvgIpc) is 3.12. The lowest BCUT2D eigenvalue weighted by Gasteiger charge is -2.24. The molecule has 0 radical (unpaired) electrons. The van der Waals surface area contributed by atoms with Crippen LogP contribution in [0.3, 0.4) is 0 Å². The number of aliphatic carboxylic acids is 1. The molecule has 2 atom stereocenters. The monoisotopic (exact) mass is 366 g/mol. The number of allylic oxidation sites excluding steroid dienone is 2. The second kappa shape index (κ2) is 7.34. The van der Waals surface area contributed by atoms with Crippen LogP contribution in [0.2, 0.25) is 0 Å². The summed E-state index contributed by atoms with van der Waals surface area (Å²) in [6, 6.07) is 7.48. The van der Waals surface area contributed by atoms with Gasteiger partial charge in [0.2, 0.25) is 5.91 Å². The summed E-state index contributed by atoms with van der Waals surface area (Å²) < 4.78 is 2.16. The third kappa shape index (κ3) is 3.49. The number of amides is 1. The Hall–Kier alpha value is -2.96. The molecule has 0 saturated carbocycles. The molecule has 4 rings (SSSR count). The minimum atomic E-state index is -0.925. The largest absolute Gasteiger partial charge is 0.481 e. The Morgan fingerprint density at radius 2 is 1.78 bits per heavy atom. The van der Waals surface area contributed by atoms with E-state index in [1.807, 2.05) is 36.4 Å². The molecule has 0 bridgehead atoms. The third-order valence-electron chi connectivity index (χ3n) is 5.36. The van der Waals surface area contributed by atoms with E-state index in [4.69, 9.17) is 0 Å². The number of carboxylic acids is 1. The van der Waals surface area contributed by atoms with Crippen LogP contribution in [0.5, 0.6) is 0 Å². The van der Waals surface area contributed by atoms with Gasteiger partial charge in [-0.15, -0.1) is 10.2 Å². The standard InChI is InChI=1S/C20H22N4O3/c25-19(15-5-1-2-6-16(15)20(26)27)21-14-10-8-13(9-11-14)18-23-22-17-7-3-4-12-24(17)18/h1-2,8-11,15-16H,3-7,12H2,(H,21,25)(H,26,27)/t15-,16+/m1/s1. The van der Waals surface area contributed by atoms with Crippen LogP contribution in [-0.4, -0.2) is 31.7 Å². The molecule has 0 spiro atoms. The zero-order valence-corrected chi connectivity index (χ0v) is 15.0. The van der Waals surface area contributed by atoms with Crippen LogP contribution < -0.4 is 5.32 Å². The number of anilines is 1.